The van der Waals surface area contributed by atoms with Crippen molar-refractivity contribution in [3.05, 3.63) is 35.9 Å². The molecular formula is C11H12Cl2O2. The minimum absolute atomic E-state index is 0.290. The molecule has 0 fully saturated rings. The smallest absolute Gasteiger partial charge is 0.342 e. The fourth-order valence-corrected chi connectivity index (χ4v) is 1.14. The van der Waals surface area contributed by atoms with Gasteiger partial charge in [-0.25, -0.2) is 4.79 Å². The van der Waals surface area contributed by atoms with E-state index in [1.54, 1.807) is 0 Å². The van der Waals surface area contributed by atoms with Crippen molar-refractivity contribution >= 4 is 29.2 Å². The van der Waals surface area contributed by atoms with E-state index >= 15 is 0 Å². The Morgan fingerprint density at radius 3 is 2.47 bits per heavy atom. The first kappa shape index (κ1) is 12.3. The maximum atomic E-state index is 11.2. The van der Waals surface area contributed by atoms with Crippen molar-refractivity contribution in [1.82, 2.24) is 0 Å². The maximum Gasteiger partial charge on any atom is 0.342 e. The zero-order valence-corrected chi connectivity index (χ0v) is 9.89. The van der Waals surface area contributed by atoms with E-state index in [-0.39, 0.29) is 6.61 Å². The number of alkyl halides is 2. The van der Waals surface area contributed by atoms with E-state index in [1.807, 2.05) is 30.3 Å². The Morgan fingerprint density at radius 2 is 1.93 bits per heavy atom. The van der Waals surface area contributed by atoms with Crippen molar-refractivity contribution in [2.75, 3.05) is 6.61 Å². The number of hydrogen-bond donors (Lipinski definition) is 0. The molecule has 0 N–H and O–H groups in total. The number of esters is 1. The third-order valence-corrected chi connectivity index (χ3v) is 2.13. The summed E-state index contributed by atoms with van der Waals surface area (Å²) in [6.07, 6.45) is 0.663. The van der Waals surface area contributed by atoms with Gasteiger partial charge in [0.2, 0.25) is 4.33 Å². The van der Waals surface area contributed by atoms with Crippen LogP contribution in [0.2, 0.25) is 0 Å². The van der Waals surface area contributed by atoms with Gasteiger partial charge in [-0.2, -0.15) is 0 Å². The van der Waals surface area contributed by atoms with E-state index in [4.69, 9.17) is 27.9 Å². The summed E-state index contributed by atoms with van der Waals surface area (Å²) in [5.74, 6) is -0.609. The summed E-state index contributed by atoms with van der Waals surface area (Å²) in [5.41, 5.74) is 1.11. The summed E-state index contributed by atoms with van der Waals surface area (Å²) in [6, 6.07) is 9.74. The third-order valence-electron chi connectivity index (χ3n) is 1.83. The van der Waals surface area contributed by atoms with Crippen LogP contribution in [0.4, 0.5) is 0 Å². The third kappa shape index (κ3) is 4.54. The lowest BCUT2D eigenvalue weighted by molar-refractivity contribution is -0.143. The molecule has 0 bridgehead atoms. The summed E-state index contributed by atoms with van der Waals surface area (Å²) in [6.45, 7) is 1.68. The summed E-state index contributed by atoms with van der Waals surface area (Å²) < 4.78 is 3.45. The van der Waals surface area contributed by atoms with Crippen LogP contribution in [0.3, 0.4) is 0 Å². The minimum atomic E-state index is -1.46. The highest BCUT2D eigenvalue weighted by molar-refractivity contribution is 6.57. The molecule has 1 aromatic rings. The van der Waals surface area contributed by atoms with Crippen LogP contribution >= 0.6 is 23.2 Å². The van der Waals surface area contributed by atoms with Crippen molar-refractivity contribution in [2.45, 2.75) is 17.7 Å². The Bertz CT molecular complexity index is 317. The summed E-state index contributed by atoms with van der Waals surface area (Å²) in [4.78, 5) is 11.2. The van der Waals surface area contributed by atoms with Gasteiger partial charge in [0.25, 0.3) is 0 Å². The molecule has 0 unspecified atom stereocenters. The second kappa shape index (κ2) is 5.38. The van der Waals surface area contributed by atoms with E-state index in [0.29, 0.717) is 6.42 Å². The first-order valence-electron chi connectivity index (χ1n) is 4.59. The van der Waals surface area contributed by atoms with Gasteiger partial charge < -0.3 is 4.74 Å². The largest absolute Gasteiger partial charge is 0.463 e. The highest BCUT2D eigenvalue weighted by Gasteiger charge is 2.28. The predicted octanol–water partition coefficient (Wildman–Crippen LogP) is 2.97. The van der Waals surface area contributed by atoms with E-state index < -0.39 is 10.3 Å². The zero-order valence-electron chi connectivity index (χ0n) is 8.37. The number of carbonyl (C=O) groups is 1. The van der Waals surface area contributed by atoms with E-state index in [0.717, 1.165) is 5.56 Å². The van der Waals surface area contributed by atoms with Gasteiger partial charge in [0.15, 0.2) is 0 Å². The normalized spacial score (nSPS) is 11.1. The fraction of sp³-hybridized carbons (Fsp3) is 0.364. The maximum absolute atomic E-state index is 11.2. The van der Waals surface area contributed by atoms with Crippen LogP contribution < -0.4 is 0 Å². The summed E-state index contributed by atoms with van der Waals surface area (Å²) in [7, 11) is 0. The van der Waals surface area contributed by atoms with Crippen LogP contribution in [0.1, 0.15) is 12.5 Å². The lowest BCUT2D eigenvalue weighted by Gasteiger charge is -2.12. The van der Waals surface area contributed by atoms with Gasteiger partial charge in [0.1, 0.15) is 0 Å². The van der Waals surface area contributed by atoms with Gasteiger partial charge in [0.05, 0.1) is 6.61 Å². The van der Waals surface area contributed by atoms with Crippen molar-refractivity contribution in [3.63, 3.8) is 0 Å². The zero-order chi connectivity index (χ0) is 11.3. The lowest BCUT2D eigenvalue weighted by Crippen LogP contribution is -2.25. The summed E-state index contributed by atoms with van der Waals surface area (Å²) in [5, 5.41) is 0. The molecule has 0 amide bonds. The van der Waals surface area contributed by atoms with Crippen molar-refractivity contribution in [2.24, 2.45) is 0 Å². The first-order chi connectivity index (χ1) is 7.00. The Balaban J connectivity index is 2.32. The van der Waals surface area contributed by atoms with Gasteiger partial charge in [-0.1, -0.05) is 53.5 Å². The topological polar surface area (TPSA) is 26.3 Å². The minimum Gasteiger partial charge on any atom is -0.463 e. The van der Waals surface area contributed by atoms with Crippen LogP contribution in [0, 0.1) is 0 Å². The van der Waals surface area contributed by atoms with Crippen molar-refractivity contribution in [1.29, 1.82) is 0 Å². The van der Waals surface area contributed by atoms with Crippen molar-refractivity contribution in [3.8, 4) is 0 Å². The van der Waals surface area contributed by atoms with Crippen LogP contribution in [0.5, 0.6) is 0 Å². The molecule has 4 heteroatoms. The summed E-state index contributed by atoms with van der Waals surface area (Å²) >= 11 is 11.1. The monoisotopic (exact) mass is 246 g/mol. The van der Waals surface area contributed by atoms with E-state index in [2.05, 4.69) is 0 Å². The Hall–Kier alpha value is -0.730. The molecular weight excluding hydrogens is 235 g/mol. The molecule has 0 aliphatic rings. The quantitative estimate of drug-likeness (QED) is 0.604. The Labute approximate surface area is 99.1 Å². The molecule has 0 heterocycles. The van der Waals surface area contributed by atoms with Gasteiger partial charge in [-0.3, -0.25) is 0 Å². The standard InChI is InChI=1S/C11H12Cl2O2/c1-11(12,13)10(14)15-8-7-9-5-3-2-4-6-9/h2-6H,7-8H2,1H3. The van der Waals surface area contributed by atoms with Crippen LogP contribution in [0.25, 0.3) is 0 Å². The molecule has 0 radical (unpaired) electrons. The fourth-order valence-electron chi connectivity index (χ4n) is 1.03. The molecule has 0 spiro atoms. The number of ether oxygens (including phenoxy) is 1. The molecule has 0 saturated heterocycles. The Kier molecular flexibility index (Phi) is 4.43. The molecule has 0 saturated carbocycles. The average Bonchev–Trinajstić information content (AvgIpc) is 2.18. The van der Waals surface area contributed by atoms with Gasteiger partial charge in [-0.05, 0) is 12.5 Å². The van der Waals surface area contributed by atoms with Crippen LogP contribution in [-0.2, 0) is 16.0 Å². The average molecular weight is 247 g/mol. The molecule has 15 heavy (non-hydrogen) atoms. The van der Waals surface area contributed by atoms with Gasteiger partial charge in [-0.15, -0.1) is 0 Å². The van der Waals surface area contributed by atoms with Gasteiger partial charge >= 0.3 is 5.97 Å². The molecule has 1 aromatic carbocycles. The molecule has 0 aromatic heterocycles. The number of carbonyl (C=O) groups excluding carboxylic acids is 1. The molecule has 0 aliphatic heterocycles. The SMILES string of the molecule is CC(Cl)(Cl)C(=O)OCCc1ccccc1. The number of hydrogen-bond acceptors (Lipinski definition) is 2. The molecule has 0 aliphatic carbocycles. The lowest BCUT2D eigenvalue weighted by atomic mass is 10.2. The molecule has 1 rings (SSSR count). The van der Waals surface area contributed by atoms with E-state index in [1.165, 1.54) is 6.92 Å². The second-order valence-electron chi connectivity index (χ2n) is 3.26. The van der Waals surface area contributed by atoms with Crippen LogP contribution in [-0.4, -0.2) is 16.9 Å². The highest BCUT2D eigenvalue weighted by Crippen LogP contribution is 2.21. The number of rotatable bonds is 4. The van der Waals surface area contributed by atoms with Crippen molar-refractivity contribution < 1.29 is 9.53 Å². The highest BCUT2D eigenvalue weighted by atomic mass is 35.5. The molecule has 0 atom stereocenters. The van der Waals surface area contributed by atoms with E-state index in [9.17, 15) is 4.79 Å². The first-order valence-corrected chi connectivity index (χ1v) is 5.35. The second-order valence-corrected chi connectivity index (χ2v) is 4.97. The Morgan fingerprint density at radius 1 is 1.33 bits per heavy atom. The van der Waals surface area contributed by atoms with Crippen LogP contribution in [0.15, 0.2) is 30.3 Å². The molecule has 82 valence electrons. The number of benzene rings is 1. The number of halogens is 2. The molecule has 2 nitrogen and oxygen atoms in total. The predicted molar refractivity (Wildman–Crippen MR) is 61.2 cm³/mol. The van der Waals surface area contributed by atoms with Gasteiger partial charge in [0, 0.05) is 6.42 Å².